The SMILES string of the molecule is CNc1nccc(C(=O)C(C)(C)C)n1. The molecule has 1 N–H and O–H groups in total. The first-order chi connectivity index (χ1) is 6.45. The van der Waals surface area contributed by atoms with Gasteiger partial charge in [-0.2, -0.15) is 0 Å². The summed E-state index contributed by atoms with van der Waals surface area (Å²) in [5, 5.41) is 2.80. The van der Waals surface area contributed by atoms with Gasteiger partial charge in [-0.05, 0) is 6.07 Å². The molecule has 0 aliphatic carbocycles. The van der Waals surface area contributed by atoms with Gasteiger partial charge in [-0.3, -0.25) is 4.79 Å². The molecule has 1 aromatic heterocycles. The van der Waals surface area contributed by atoms with Crippen molar-refractivity contribution >= 4 is 11.7 Å². The van der Waals surface area contributed by atoms with Gasteiger partial charge in [0.1, 0.15) is 5.69 Å². The number of carbonyl (C=O) groups is 1. The van der Waals surface area contributed by atoms with E-state index in [-0.39, 0.29) is 5.78 Å². The van der Waals surface area contributed by atoms with Crippen molar-refractivity contribution in [1.82, 2.24) is 9.97 Å². The minimum Gasteiger partial charge on any atom is -0.357 e. The Bertz CT molecular complexity index is 341. The zero-order valence-electron chi connectivity index (χ0n) is 8.96. The third-order valence-corrected chi connectivity index (χ3v) is 1.79. The van der Waals surface area contributed by atoms with Crippen LogP contribution in [-0.2, 0) is 0 Å². The average Bonchev–Trinajstić information content (AvgIpc) is 2.15. The molecule has 4 nitrogen and oxygen atoms in total. The van der Waals surface area contributed by atoms with Crippen LogP contribution in [0.2, 0.25) is 0 Å². The number of rotatable bonds is 2. The largest absolute Gasteiger partial charge is 0.357 e. The summed E-state index contributed by atoms with van der Waals surface area (Å²) in [5.74, 6) is 0.497. The van der Waals surface area contributed by atoms with E-state index in [4.69, 9.17) is 0 Å². The van der Waals surface area contributed by atoms with Crippen molar-refractivity contribution in [3.8, 4) is 0 Å². The van der Waals surface area contributed by atoms with Crippen molar-refractivity contribution < 1.29 is 4.79 Å². The van der Waals surface area contributed by atoms with Gasteiger partial charge in [0, 0.05) is 18.7 Å². The van der Waals surface area contributed by atoms with Crippen LogP contribution >= 0.6 is 0 Å². The molecule has 1 heterocycles. The van der Waals surface area contributed by atoms with E-state index < -0.39 is 5.41 Å². The maximum absolute atomic E-state index is 11.8. The number of carbonyl (C=O) groups excluding carboxylic acids is 1. The van der Waals surface area contributed by atoms with Crippen LogP contribution < -0.4 is 5.32 Å². The molecular formula is C10H15N3O. The van der Waals surface area contributed by atoms with E-state index >= 15 is 0 Å². The molecule has 0 fully saturated rings. The van der Waals surface area contributed by atoms with Gasteiger partial charge < -0.3 is 5.32 Å². The van der Waals surface area contributed by atoms with Crippen molar-refractivity contribution in [1.29, 1.82) is 0 Å². The molecule has 0 saturated carbocycles. The number of aromatic nitrogens is 2. The third kappa shape index (κ3) is 2.28. The summed E-state index contributed by atoms with van der Waals surface area (Å²) in [6.45, 7) is 5.61. The predicted octanol–water partition coefficient (Wildman–Crippen LogP) is 1.75. The highest BCUT2D eigenvalue weighted by Crippen LogP contribution is 2.19. The van der Waals surface area contributed by atoms with Crippen LogP contribution in [0.1, 0.15) is 31.3 Å². The van der Waals surface area contributed by atoms with Crippen molar-refractivity contribution in [2.45, 2.75) is 20.8 Å². The Morgan fingerprint density at radius 1 is 1.43 bits per heavy atom. The highest BCUT2D eigenvalue weighted by atomic mass is 16.1. The highest BCUT2D eigenvalue weighted by molar-refractivity contribution is 5.98. The van der Waals surface area contributed by atoms with E-state index in [9.17, 15) is 4.79 Å². The average molecular weight is 193 g/mol. The number of ketones is 1. The van der Waals surface area contributed by atoms with Crippen molar-refractivity contribution in [3.63, 3.8) is 0 Å². The molecule has 1 rings (SSSR count). The Hall–Kier alpha value is -1.45. The van der Waals surface area contributed by atoms with Crippen LogP contribution in [0.3, 0.4) is 0 Å². The monoisotopic (exact) mass is 193 g/mol. The number of hydrogen-bond donors (Lipinski definition) is 1. The number of hydrogen-bond acceptors (Lipinski definition) is 4. The number of anilines is 1. The van der Waals surface area contributed by atoms with E-state index in [0.29, 0.717) is 11.6 Å². The minimum atomic E-state index is -0.403. The lowest BCUT2D eigenvalue weighted by Gasteiger charge is -2.15. The van der Waals surface area contributed by atoms with Gasteiger partial charge in [-0.1, -0.05) is 20.8 Å². The maximum Gasteiger partial charge on any atom is 0.223 e. The molecule has 0 bridgehead atoms. The number of nitrogens with zero attached hydrogens (tertiary/aromatic N) is 2. The summed E-state index contributed by atoms with van der Waals surface area (Å²) >= 11 is 0. The van der Waals surface area contributed by atoms with Gasteiger partial charge in [0.2, 0.25) is 5.95 Å². The fourth-order valence-corrected chi connectivity index (χ4v) is 0.990. The molecule has 1 aromatic rings. The Labute approximate surface area is 83.8 Å². The smallest absolute Gasteiger partial charge is 0.223 e. The van der Waals surface area contributed by atoms with Crippen LogP contribution in [0.4, 0.5) is 5.95 Å². The summed E-state index contributed by atoms with van der Waals surface area (Å²) < 4.78 is 0. The molecule has 0 radical (unpaired) electrons. The molecule has 0 aliphatic rings. The third-order valence-electron chi connectivity index (χ3n) is 1.79. The van der Waals surface area contributed by atoms with Gasteiger partial charge in [0.15, 0.2) is 5.78 Å². The Morgan fingerprint density at radius 3 is 2.57 bits per heavy atom. The Balaban J connectivity index is 3.02. The standard InChI is InChI=1S/C10H15N3O/c1-10(2,3)8(14)7-5-6-12-9(11-4)13-7/h5-6H,1-4H3,(H,11,12,13). The van der Waals surface area contributed by atoms with Crippen molar-refractivity contribution in [3.05, 3.63) is 18.0 Å². The van der Waals surface area contributed by atoms with Gasteiger partial charge >= 0.3 is 0 Å². The zero-order chi connectivity index (χ0) is 10.8. The molecule has 0 atom stereocenters. The van der Waals surface area contributed by atoms with E-state index in [0.717, 1.165) is 0 Å². The molecule has 0 aliphatic heterocycles. The summed E-state index contributed by atoms with van der Waals surface area (Å²) in [6, 6.07) is 1.63. The van der Waals surface area contributed by atoms with Gasteiger partial charge in [-0.15, -0.1) is 0 Å². The normalized spacial score (nSPS) is 11.1. The van der Waals surface area contributed by atoms with Crippen molar-refractivity contribution in [2.24, 2.45) is 5.41 Å². The molecule has 14 heavy (non-hydrogen) atoms. The van der Waals surface area contributed by atoms with E-state index in [1.165, 1.54) is 0 Å². The topological polar surface area (TPSA) is 54.9 Å². The lowest BCUT2D eigenvalue weighted by molar-refractivity contribution is 0.0853. The molecule has 0 amide bonds. The van der Waals surface area contributed by atoms with E-state index in [2.05, 4.69) is 15.3 Å². The number of Topliss-reactive ketones (excluding diaryl/α,β-unsaturated/α-hetero) is 1. The molecule has 0 saturated heterocycles. The van der Waals surface area contributed by atoms with Crippen LogP contribution in [0, 0.1) is 5.41 Å². The van der Waals surface area contributed by atoms with Crippen LogP contribution in [0.25, 0.3) is 0 Å². The summed E-state index contributed by atoms with van der Waals surface area (Å²) in [7, 11) is 1.72. The molecule has 0 unspecified atom stereocenters. The molecule has 76 valence electrons. The molecular weight excluding hydrogens is 178 g/mol. The van der Waals surface area contributed by atoms with Crippen LogP contribution in [0.15, 0.2) is 12.3 Å². The van der Waals surface area contributed by atoms with Crippen LogP contribution in [-0.4, -0.2) is 22.8 Å². The van der Waals surface area contributed by atoms with Gasteiger partial charge in [0.05, 0.1) is 0 Å². The highest BCUT2D eigenvalue weighted by Gasteiger charge is 2.24. The molecule has 4 heteroatoms. The second kappa shape index (κ2) is 3.74. The summed E-state index contributed by atoms with van der Waals surface area (Å²) in [4.78, 5) is 19.9. The maximum atomic E-state index is 11.8. The first kappa shape index (κ1) is 10.6. The Kier molecular flexibility index (Phi) is 2.84. The van der Waals surface area contributed by atoms with Gasteiger partial charge in [0.25, 0.3) is 0 Å². The summed E-state index contributed by atoms with van der Waals surface area (Å²) in [5.41, 5.74) is 0.0520. The minimum absolute atomic E-state index is 0.0244. The lowest BCUT2D eigenvalue weighted by Crippen LogP contribution is -2.21. The van der Waals surface area contributed by atoms with E-state index in [1.54, 1.807) is 19.3 Å². The predicted molar refractivity (Wildman–Crippen MR) is 55.4 cm³/mol. The van der Waals surface area contributed by atoms with E-state index in [1.807, 2.05) is 20.8 Å². The lowest BCUT2D eigenvalue weighted by atomic mass is 9.89. The molecule has 0 spiro atoms. The Morgan fingerprint density at radius 2 is 2.07 bits per heavy atom. The zero-order valence-corrected chi connectivity index (χ0v) is 8.96. The van der Waals surface area contributed by atoms with Crippen LogP contribution in [0.5, 0.6) is 0 Å². The summed E-state index contributed by atoms with van der Waals surface area (Å²) in [6.07, 6.45) is 1.58. The van der Waals surface area contributed by atoms with Gasteiger partial charge in [-0.25, -0.2) is 9.97 Å². The number of nitrogens with one attached hydrogen (secondary N) is 1. The fraction of sp³-hybridized carbons (Fsp3) is 0.500. The first-order valence-corrected chi connectivity index (χ1v) is 4.51. The second-order valence-electron chi connectivity index (χ2n) is 4.09. The quantitative estimate of drug-likeness (QED) is 0.727. The van der Waals surface area contributed by atoms with Crippen molar-refractivity contribution in [2.75, 3.05) is 12.4 Å². The second-order valence-corrected chi connectivity index (χ2v) is 4.09. The molecule has 0 aromatic carbocycles. The first-order valence-electron chi connectivity index (χ1n) is 4.51. The fourth-order valence-electron chi connectivity index (χ4n) is 0.990.